The number of aromatic nitrogens is 1. The van der Waals surface area contributed by atoms with Gasteiger partial charge in [-0.05, 0) is 19.2 Å². The van der Waals surface area contributed by atoms with Crippen molar-refractivity contribution in [2.24, 2.45) is 0 Å². The van der Waals surface area contributed by atoms with Crippen molar-refractivity contribution in [2.45, 2.75) is 12.5 Å². The van der Waals surface area contributed by atoms with E-state index in [0.717, 1.165) is 19.6 Å². The molecule has 0 radical (unpaired) electrons. The van der Waals surface area contributed by atoms with Gasteiger partial charge in [-0.25, -0.2) is 4.98 Å². The van der Waals surface area contributed by atoms with Crippen LogP contribution in [0.4, 0.5) is 5.82 Å². The number of hydrogen-bond donors (Lipinski definition) is 1. The molecule has 5 heteroatoms. The maximum atomic E-state index is 12.2. The Labute approximate surface area is 108 Å². The number of amides is 1. The maximum absolute atomic E-state index is 12.2. The second kappa shape index (κ2) is 5.93. The van der Waals surface area contributed by atoms with Gasteiger partial charge in [0, 0.05) is 45.3 Å². The van der Waals surface area contributed by atoms with Gasteiger partial charge < -0.3 is 10.2 Å². The summed E-state index contributed by atoms with van der Waals surface area (Å²) in [4.78, 5) is 20.2. The van der Waals surface area contributed by atoms with Crippen LogP contribution in [-0.4, -0.2) is 55.6 Å². The highest BCUT2D eigenvalue weighted by Gasteiger charge is 2.23. The summed E-state index contributed by atoms with van der Waals surface area (Å²) >= 11 is 0. The summed E-state index contributed by atoms with van der Waals surface area (Å²) in [6.45, 7) is 2.86. The van der Waals surface area contributed by atoms with Crippen LogP contribution in [0.2, 0.25) is 0 Å². The fourth-order valence-corrected chi connectivity index (χ4v) is 2.11. The Kier molecular flexibility index (Phi) is 4.28. The SMILES string of the molecule is CN(C(=O)CC1CNCCN1C)c1ccccn1. The van der Waals surface area contributed by atoms with Gasteiger partial charge in [-0.1, -0.05) is 6.07 Å². The Morgan fingerprint density at radius 2 is 2.44 bits per heavy atom. The number of likely N-dealkylation sites (N-methyl/N-ethyl adjacent to an activating group) is 1. The van der Waals surface area contributed by atoms with Crippen LogP contribution in [0.15, 0.2) is 24.4 Å². The van der Waals surface area contributed by atoms with Gasteiger partial charge in [0.1, 0.15) is 5.82 Å². The molecule has 2 heterocycles. The first-order valence-electron chi connectivity index (χ1n) is 6.27. The average Bonchev–Trinajstić information content (AvgIpc) is 2.41. The largest absolute Gasteiger partial charge is 0.314 e. The molecule has 1 aromatic rings. The highest BCUT2D eigenvalue weighted by atomic mass is 16.2. The first-order chi connectivity index (χ1) is 8.68. The molecule has 1 N–H and O–H groups in total. The lowest BCUT2D eigenvalue weighted by Crippen LogP contribution is -2.51. The van der Waals surface area contributed by atoms with Crippen LogP contribution in [0.1, 0.15) is 6.42 Å². The van der Waals surface area contributed by atoms with Crippen LogP contribution in [0, 0.1) is 0 Å². The average molecular weight is 248 g/mol. The third kappa shape index (κ3) is 3.05. The van der Waals surface area contributed by atoms with Crippen molar-refractivity contribution in [2.75, 3.05) is 38.6 Å². The lowest BCUT2D eigenvalue weighted by atomic mass is 10.1. The van der Waals surface area contributed by atoms with Crippen molar-refractivity contribution in [3.05, 3.63) is 24.4 Å². The first kappa shape index (κ1) is 13.0. The molecule has 0 spiro atoms. The van der Waals surface area contributed by atoms with Crippen molar-refractivity contribution >= 4 is 11.7 Å². The zero-order valence-corrected chi connectivity index (χ0v) is 11.0. The van der Waals surface area contributed by atoms with E-state index in [2.05, 4.69) is 22.2 Å². The first-order valence-corrected chi connectivity index (χ1v) is 6.27. The minimum Gasteiger partial charge on any atom is -0.314 e. The van der Waals surface area contributed by atoms with E-state index in [1.807, 2.05) is 18.2 Å². The number of anilines is 1. The van der Waals surface area contributed by atoms with E-state index in [9.17, 15) is 4.79 Å². The fraction of sp³-hybridized carbons (Fsp3) is 0.538. The number of nitrogens with one attached hydrogen (secondary N) is 1. The molecule has 0 aliphatic carbocycles. The Balaban J connectivity index is 1.95. The fourth-order valence-electron chi connectivity index (χ4n) is 2.11. The topological polar surface area (TPSA) is 48.5 Å². The predicted molar refractivity (Wildman–Crippen MR) is 71.6 cm³/mol. The lowest BCUT2D eigenvalue weighted by molar-refractivity contribution is -0.119. The van der Waals surface area contributed by atoms with Crippen LogP contribution in [0.25, 0.3) is 0 Å². The maximum Gasteiger partial charge on any atom is 0.229 e. The molecule has 2 rings (SSSR count). The highest BCUT2D eigenvalue weighted by molar-refractivity contribution is 5.92. The normalized spacial score (nSPS) is 20.7. The number of pyridine rings is 1. The van der Waals surface area contributed by atoms with Gasteiger partial charge in [-0.15, -0.1) is 0 Å². The smallest absolute Gasteiger partial charge is 0.229 e. The zero-order valence-electron chi connectivity index (χ0n) is 11.0. The molecule has 0 bridgehead atoms. The quantitative estimate of drug-likeness (QED) is 0.838. The standard InChI is InChI=1S/C13H20N4O/c1-16-8-7-14-10-11(16)9-13(18)17(2)12-5-3-4-6-15-12/h3-6,11,14H,7-10H2,1-2H3. The number of piperazine rings is 1. The van der Waals surface area contributed by atoms with Crippen molar-refractivity contribution in [1.29, 1.82) is 0 Å². The van der Waals surface area contributed by atoms with Crippen LogP contribution in [0.3, 0.4) is 0 Å². The van der Waals surface area contributed by atoms with E-state index < -0.39 is 0 Å². The van der Waals surface area contributed by atoms with E-state index in [-0.39, 0.29) is 11.9 Å². The van der Waals surface area contributed by atoms with Gasteiger partial charge in [0.2, 0.25) is 5.91 Å². The monoisotopic (exact) mass is 248 g/mol. The molecule has 1 aliphatic rings. The minimum atomic E-state index is 0.106. The zero-order chi connectivity index (χ0) is 13.0. The Morgan fingerprint density at radius 3 is 3.11 bits per heavy atom. The van der Waals surface area contributed by atoms with Crippen LogP contribution in [-0.2, 0) is 4.79 Å². The van der Waals surface area contributed by atoms with Gasteiger partial charge in [0.05, 0.1) is 0 Å². The molecule has 0 aromatic carbocycles. The van der Waals surface area contributed by atoms with Crippen LogP contribution in [0.5, 0.6) is 0 Å². The summed E-state index contributed by atoms with van der Waals surface area (Å²) in [5.74, 6) is 0.808. The van der Waals surface area contributed by atoms with Crippen LogP contribution < -0.4 is 10.2 Å². The summed E-state index contributed by atoms with van der Waals surface area (Å²) in [7, 11) is 3.85. The lowest BCUT2D eigenvalue weighted by Gasteiger charge is -2.33. The molecule has 1 unspecified atom stereocenters. The minimum absolute atomic E-state index is 0.106. The summed E-state index contributed by atoms with van der Waals surface area (Å²) in [5.41, 5.74) is 0. The van der Waals surface area contributed by atoms with Gasteiger partial charge >= 0.3 is 0 Å². The third-order valence-corrected chi connectivity index (χ3v) is 3.42. The molecule has 5 nitrogen and oxygen atoms in total. The van der Waals surface area contributed by atoms with E-state index >= 15 is 0 Å². The summed E-state index contributed by atoms with van der Waals surface area (Å²) in [6, 6.07) is 5.86. The van der Waals surface area contributed by atoms with E-state index in [4.69, 9.17) is 0 Å². The number of hydrogen-bond acceptors (Lipinski definition) is 4. The molecular weight excluding hydrogens is 228 g/mol. The molecule has 1 fully saturated rings. The Morgan fingerprint density at radius 1 is 1.61 bits per heavy atom. The molecule has 18 heavy (non-hydrogen) atoms. The van der Waals surface area contributed by atoms with Crippen molar-refractivity contribution < 1.29 is 4.79 Å². The number of carbonyl (C=O) groups is 1. The molecular formula is C13H20N4O. The van der Waals surface area contributed by atoms with E-state index in [1.54, 1.807) is 18.1 Å². The molecule has 1 saturated heterocycles. The van der Waals surface area contributed by atoms with Gasteiger partial charge in [0.15, 0.2) is 0 Å². The van der Waals surface area contributed by atoms with Crippen molar-refractivity contribution in [3.8, 4) is 0 Å². The van der Waals surface area contributed by atoms with E-state index in [1.165, 1.54) is 0 Å². The number of nitrogens with zero attached hydrogens (tertiary/aromatic N) is 3. The number of carbonyl (C=O) groups excluding carboxylic acids is 1. The van der Waals surface area contributed by atoms with Gasteiger partial charge in [-0.3, -0.25) is 9.69 Å². The summed E-state index contributed by atoms with van der Waals surface area (Å²) in [5, 5.41) is 3.32. The van der Waals surface area contributed by atoms with Gasteiger partial charge in [-0.2, -0.15) is 0 Å². The second-order valence-electron chi connectivity index (χ2n) is 4.68. The second-order valence-corrected chi connectivity index (χ2v) is 4.68. The molecule has 1 aliphatic heterocycles. The van der Waals surface area contributed by atoms with E-state index in [0.29, 0.717) is 12.2 Å². The number of rotatable bonds is 3. The summed E-state index contributed by atoms with van der Waals surface area (Å²) < 4.78 is 0. The summed E-state index contributed by atoms with van der Waals surface area (Å²) in [6.07, 6.45) is 2.23. The Bertz CT molecular complexity index is 395. The van der Waals surface area contributed by atoms with Gasteiger partial charge in [0.25, 0.3) is 0 Å². The third-order valence-electron chi connectivity index (χ3n) is 3.42. The molecule has 1 atom stereocenters. The molecule has 98 valence electrons. The molecule has 1 amide bonds. The van der Waals surface area contributed by atoms with Crippen molar-refractivity contribution in [1.82, 2.24) is 15.2 Å². The van der Waals surface area contributed by atoms with Crippen molar-refractivity contribution in [3.63, 3.8) is 0 Å². The Hall–Kier alpha value is -1.46. The highest BCUT2D eigenvalue weighted by Crippen LogP contribution is 2.12. The predicted octanol–water partition coefficient (Wildman–Crippen LogP) is 0.338. The van der Waals surface area contributed by atoms with Crippen LogP contribution >= 0.6 is 0 Å². The molecule has 0 saturated carbocycles. The molecule has 1 aromatic heterocycles.